The van der Waals surface area contributed by atoms with Gasteiger partial charge in [-0.05, 0) is 18.9 Å². The molecule has 1 saturated carbocycles. The average molecular weight is 139 g/mol. The first-order valence-electron chi connectivity index (χ1n) is 4.67. The van der Waals surface area contributed by atoms with Gasteiger partial charge >= 0.3 is 0 Å². The number of rotatable bonds is 3. The fourth-order valence-corrected chi connectivity index (χ4v) is 1.66. The van der Waals surface area contributed by atoms with E-state index in [0.717, 1.165) is 6.04 Å². The number of nitrogens with one attached hydrogen (secondary N) is 1. The molecular formula is C8H18BN. The highest BCUT2D eigenvalue weighted by atomic mass is 14.8. The molecule has 0 aromatic carbocycles. The maximum absolute atomic E-state index is 3.57. The summed E-state index contributed by atoms with van der Waals surface area (Å²) in [7, 11) is 1.21. The molecule has 1 aliphatic rings. The van der Waals surface area contributed by atoms with Crippen LogP contribution in [0.3, 0.4) is 0 Å². The Balaban J connectivity index is 2.02. The van der Waals surface area contributed by atoms with Gasteiger partial charge in [-0.1, -0.05) is 32.5 Å². The molecule has 0 aromatic heterocycles. The largest absolute Gasteiger partial charge is 0.356 e. The van der Waals surface area contributed by atoms with E-state index in [1.807, 2.05) is 0 Å². The van der Waals surface area contributed by atoms with Crippen LogP contribution in [0.1, 0.15) is 39.0 Å². The van der Waals surface area contributed by atoms with Crippen LogP contribution in [0.4, 0.5) is 0 Å². The summed E-state index contributed by atoms with van der Waals surface area (Å²) in [6.45, 7) is 2.23. The lowest BCUT2D eigenvalue weighted by molar-refractivity contribution is 0.418. The Bertz CT molecular complexity index is 79.3. The number of hydrogen-bond acceptors (Lipinski definition) is 1. The van der Waals surface area contributed by atoms with E-state index in [0.29, 0.717) is 0 Å². The summed E-state index contributed by atoms with van der Waals surface area (Å²) in [6.07, 6.45) is 8.46. The van der Waals surface area contributed by atoms with Crippen molar-refractivity contribution < 1.29 is 0 Å². The van der Waals surface area contributed by atoms with Gasteiger partial charge in [-0.2, -0.15) is 0 Å². The van der Waals surface area contributed by atoms with E-state index < -0.39 is 0 Å². The van der Waals surface area contributed by atoms with Gasteiger partial charge in [0.15, 0.2) is 0 Å². The zero-order valence-electron chi connectivity index (χ0n) is 7.03. The van der Waals surface area contributed by atoms with E-state index >= 15 is 0 Å². The molecule has 58 valence electrons. The molecule has 1 nitrogen and oxygen atoms in total. The van der Waals surface area contributed by atoms with E-state index in [9.17, 15) is 0 Å². The van der Waals surface area contributed by atoms with Crippen LogP contribution >= 0.6 is 0 Å². The van der Waals surface area contributed by atoms with Crippen molar-refractivity contribution in [3.05, 3.63) is 0 Å². The van der Waals surface area contributed by atoms with Gasteiger partial charge in [0.25, 0.3) is 0 Å². The molecule has 0 atom stereocenters. The Morgan fingerprint density at radius 1 is 1.30 bits per heavy atom. The molecular weight excluding hydrogens is 121 g/mol. The third-order valence-electron chi connectivity index (χ3n) is 2.29. The van der Waals surface area contributed by atoms with Crippen molar-refractivity contribution in [2.75, 3.05) is 0 Å². The summed E-state index contributed by atoms with van der Waals surface area (Å²) in [5, 5.41) is 3.57. The Morgan fingerprint density at radius 2 is 2.00 bits per heavy atom. The molecule has 1 aliphatic carbocycles. The van der Waals surface area contributed by atoms with Gasteiger partial charge in [0.2, 0.25) is 7.41 Å². The summed E-state index contributed by atoms with van der Waals surface area (Å²) < 4.78 is 0. The summed E-state index contributed by atoms with van der Waals surface area (Å²) in [4.78, 5) is 0. The summed E-state index contributed by atoms with van der Waals surface area (Å²) in [6, 6.07) is 0.855. The van der Waals surface area contributed by atoms with Crippen LogP contribution in [-0.2, 0) is 0 Å². The smallest absolute Gasteiger partial charge is 0.201 e. The van der Waals surface area contributed by atoms with Gasteiger partial charge in [-0.15, -0.1) is 0 Å². The molecule has 0 heterocycles. The summed E-state index contributed by atoms with van der Waals surface area (Å²) in [5.74, 6) is 0. The van der Waals surface area contributed by atoms with Crippen LogP contribution in [0.2, 0.25) is 6.32 Å². The van der Waals surface area contributed by atoms with Crippen LogP contribution < -0.4 is 5.23 Å². The van der Waals surface area contributed by atoms with E-state index in [2.05, 4.69) is 12.2 Å². The van der Waals surface area contributed by atoms with Crippen molar-refractivity contribution in [1.29, 1.82) is 0 Å². The minimum absolute atomic E-state index is 0.855. The highest BCUT2D eigenvalue weighted by molar-refractivity contribution is 6.31. The van der Waals surface area contributed by atoms with Crippen LogP contribution in [0.5, 0.6) is 0 Å². The third-order valence-corrected chi connectivity index (χ3v) is 2.29. The molecule has 0 bridgehead atoms. The maximum Gasteiger partial charge on any atom is 0.201 e. The molecule has 1 N–H and O–H groups in total. The molecule has 10 heavy (non-hydrogen) atoms. The molecule has 0 spiro atoms. The molecule has 2 heteroatoms. The lowest BCUT2D eigenvalue weighted by atomic mass is 9.85. The molecule has 1 rings (SSSR count). The SMILES string of the molecule is CCBNC1CCCCC1. The van der Waals surface area contributed by atoms with Crippen LogP contribution in [0.25, 0.3) is 0 Å². The van der Waals surface area contributed by atoms with E-state index in [4.69, 9.17) is 0 Å². The van der Waals surface area contributed by atoms with Crippen molar-refractivity contribution in [2.45, 2.75) is 51.4 Å². The Hall–Kier alpha value is 0.0249. The van der Waals surface area contributed by atoms with Crippen LogP contribution in [0, 0.1) is 0 Å². The fraction of sp³-hybridized carbons (Fsp3) is 1.00. The average Bonchev–Trinajstić information content (AvgIpc) is 2.03. The molecule has 0 aromatic rings. The zero-order chi connectivity index (χ0) is 7.23. The highest BCUT2D eigenvalue weighted by Gasteiger charge is 2.11. The van der Waals surface area contributed by atoms with Gasteiger partial charge in [0.1, 0.15) is 0 Å². The summed E-state index contributed by atoms with van der Waals surface area (Å²) in [5.41, 5.74) is 0. The van der Waals surface area contributed by atoms with Crippen LogP contribution in [-0.4, -0.2) is 13.5 Å². The minimum atomic E-state index is 0.855. The monoisotopic (exact) mass is 139 g/mol. The normalized spacial score (nSPS) is 20.9. The van der Waals surface area contributed by atoms with Gasteiger partial charge in [-0.25, -0.2) is 0 Å². The van der Waals surface area contributed by atoms with Gasteiger partial charge in [0, 0.05) is 0 Å². The first-order chi connectivity index (χ1) is 4.93. The number of hydrogen-bond donors (Lipinski definition) is 1. The van der Waals surface area contributed by atoms with Crippen LogP contribution in [0.15, 0.2) is 0 Å². The maximum atomic E-state index is 3.57. The van der Waals surface area contributed by atoms with Gasteiger partial charge in [-0.3, -0.25) is 0 Å². The Kier molecular flexibility index (Phi) is 3.88. The van der Waals surface area contributed by atoms with Gasteiger partial charge in [0.05, 0.1) is 0 Å². The topological polar surface area (TPSA) is 12.0 Å². The second-order valence-electron chi connectivity index (χ2n) is 3.29. The van der Waals surface area contributed by atoms with Gasteiger partial charge < -0.3 is 5.23 Å². The highest BCUT2D eigenvalue weighted by Crippen LogP contribution is 2.16. The van der Waals surface area contributed by atoms with Crippen molar-refractivity contribution in [1.82, 2.24) is 5.23 Å². The van der Waals surface area contributed by atoms with Crippen molar-refractivity contribution in [3.63, 3.8) is 0 Å². The standard InChI is InChI=1S/C8H18BN/c1-2-9-10-8-6-4-3-5-7-8/h8-10H,2-7H2,1H3. The quantitative estimate of drug-likeness (QED) is 0.586. The minimum Gasteiger partial charge on any atom is -0.356 e. The molecule has 0 aliphatic heterocycles. The zero-order valence-corrected chi connectivity index (χ0v) is 7.03. The predicted octanol–water partition coefficient (Wildman–Crippen LogP) is 1.70. The third kappa shape index (κ3) is 2.74. The molecule has 0 radical (unpaired) electrons. The van der Waals surface area contributed by atoms with Crippen molar-refractivity contribution >= 4 is 7.41 Å². The Labute approximate surface area is 64.8 Å². The molecule has 0 amide bonds. The lowest BCUT2D eigenvalue weighted by Gasteiger charge is -2.22. The first-order valence-corrected chi connectivity index (χ1v) is 4.67. The van der Waals surface area contributed by atoms with Crippen molar-refractivity contribution in [2.24, 2.45) is 0 Å². The second kappa shape index (κ2) is 4.78. The second-order valence-corrected chi connectivity index (χ2v) is 3.29. The Morgan fingerprint density at radius 3 is 2.60 bits per heavy atom. The fourth-order valence-electron chi connectivity index (χ4n) is 1.66. The summed E-state index contributed by atoms with van der Waals surface area (Å²) >= 11 is 0. The van der Waals surface area contributed by atoms with E-state index in [1.165, 1.54) is 45.8 Å². The van der Waals surface area contributed by atoms with E-state index in [-0.39, 0.29) is 0 Å². The van der Waals surface area contributed by atoms with E-state index in [1.54, 1.807) is 0 Å². The first kappa shape index (κ1) is 8.12. The molecule has 0 unspecified atom stereocenters. The predicted molar refractivity (Wildman–Crippen MR) is 47.6 cm³/mol. The molecule has 1 fully saturated rings. The van der Waals surface area contributed by atoms with Crippen molar-refractivity contribution in [3.8, 4) is 0 Å². The lowest BCUT2D eigenvalue weighted by Crippen LogP contribution is -2.33. The molecule has 0 saturated heterocycles.